The molecule has 4 nitrogen and oxygen atoms in total. The number of aromatic amines is 1. The first-order valence-corrected chi connectivity index (χ1v) is 16.3. The summed E-state index contributed by atoms with van der Waals surface area (Å²) in [7, 11) is 0. The van der Waals surface area contributed by atoms with Gasteiger partial charge in [-0.3, -0.25) is 0 Å². The van der Waals surface area contributed by atoms with E-state index in [-0.39, 0.29) is 10.8 Å². The molecule has 7 aromatic rings. The van der Waals surface area contributed by atoms with Crippen LogP contribution in [0.25, 0.3) is 66.8 Å². The van der Waals surface area contributed by atoms with Crippen LogP contribution in [0.5, 0.6) is 0 Å². The number of nitrogens with zero attached hydrogens (tertiary/aromatic N) is 3. The lowest BCUT2D eigenvalue weighted by Crippen LogP contribution is -2.12. The van der Waals surface area contributed by atoms with Gasteiger partial charge in [0.1, 0.15) is 0 Å². The molecule has 0 aliphatic carbocycles. The Balaban J connectivity index is 1.34. The minimum atomic E-state index is -0.00740. The molecule has 0 radical (unpaired) electrons. The number of aromatic nitrogens is 4. The zero-order valence-corrected chi connectivity index (χ0v) is 27.8. The van der Waals surface area contributed by atoms with E-state index in [2.05, 4.69) is 149 Å². The first-order valence-electron chi connectivity index (χ1n) is 16.3. The van der Waals surface area contributed by atoms with Crippen molar-refractivity contribution in [3.05, 3.63) is 120 Å². The Morgan fingerprint density at radius 2 is 1.20 bits per heavy atom. The van der Waals surface area contributed by atoms with Crippen molar-refractivity contribution in [1.82, 2.24) is 19.5 Å². The molecule has 228 valence electrons. The number of fused-ring (bicyclic) bond motifs is 6. The van der Waals surface area contributed by atoms with Gasteiger partial charge >= 0.3 is 0 Å². The highest BCUT2D eigenvalue weighted by Crippen LogP contribution is 2.42. The van der Waals surface area contributed by atoms with Crippen LogP contribution in [0.4, 0.5) is 0 Å². The van der Waals surface area contributed by atoms with Gasteiger partial charge in [-0.1, -0.05) is 65.8 Å². The summed E-state index contributed by atoms with van der Waals surface area (Å²) >= 11 is 0. The van der Waals surface area contributed by atoms with Gasteiger partial charge in [-0.25, -0.2) is 9.97 Å². The van der Waals surface area contributed by atoms with Gasteiger partial charge in [0.05, 0.1) is 22.4 Å². The van der Waals surface area contributed by atoms with Crippen molar-refractivity contribution in [2.24, 2.45) is 0 Å². The van der Waals surface area contributed by atoms with E-state index in [4.69, 9.17) is 9.97 Å². The van der Waals surface area contributed by atoms with Crippen molar-refractivity contribution in [2.45, 2.75) is 65.8 Å². The summed E-state index contributed by atoms with van der Waals surface area (Å²) in [5.74, 6) is 0. The second-order valence-electron chi connectivity index (χ2n) is 15.0. The van der Waals surface area contributed by atoms with Crippen molar-refractivity contribution >= 4 is 21.8 Å². The topological polar surface area (TPSA) is 46.5 Å². The second-order valence-corrected chi connectivity index (χ2v) is 15.0. The molecule has 0 saturated carbocycles. The molecule has 0 bridgehead atoms. The van der Waals surface area contributed by atoms with Crippen molar-refractivity contribution in [2.75, 3.05) is 0 Å². The monoisotopic (exact) mass is 600 g/mol. The molecule has 0 spiro atoms. The van der Waals surface area contributed by atoms with E-state index in [0.717, 1.165) is 51.0 Å². The molecule has 3 aromatic carbocycles. The number of benzene rings is 3. The summed E-state index contributed by atoms with van der Waals surface area (Å²) in [5.41, 5.74) is 16.3. The Hall–Kier alpha value is -4.96. The molecule has 1 aliphatic heterocycles. The number of hydrogen-bond donors (Lipinski definition) is 1. The molecule has 5 heterocycles. The minimum Gasteiger partial charge on any atom is -0.361 e. The minimum absolute atomic E-state index is 0.00740. The van der Waals surface area contributed by atoms with Gasteiger partial charge in [-0.15, -0.1) is 0 Å². The lowest BCUT2D eigenvalue weighted by atomic mass is 9.82. The highest BCUT2D eigenvalue weighted by molar-refractivity contribution is 6.04. The Morgan fingerprint density at radius 1 is 0.630 bits per heavy atom. The van der Waals surface area contributed by atoms with E-state index in [1.54, 1.807) is 0 Å². The highest BCUT2D eigenvalue weighted by atomic mass is 15.0. The zero-order chi connectivity index (χ0) is 32.0. The molecule has 0 unspecified atom stereocenters. The predicted molar refractivity (Wildman–Crippen MR) is 192 cm³/mol. The second kappa shape index (κ2) is 10.0. The summed E-state index contributed by atoms with van der Waals surface area (Å²) in [5, 5.41) is 2.20. The average Bonchev–Trinajstić information content (AvgIpc) is 3.78. The fourth-order valence-corrected chi connectivity index (χ4v) is 6.96. The van der Waals surface area contributed by atoms with Crippen LogP contribution in [0.15, 0.2) is 97.3 Å². The standard InChI is InChI=1S/C42H40N4/c1-25-30(35-10-8-18-43-35)20-28(41(2,3)4)21-31(25)36-16-14-26-12-13-27-15-17-37(45-40(27)39(26)44-36)32-22-29(42(5,6)7)23-33-34(32)24-46-19-9-11-38(33)46/h8-23,43H,24H2,1-7H3. The van der Waals surface area contributed by atoms with E-state index in [1.807, 2.05) is 6.20 Å². The fourth-order valence-electron chi connectivity index (χ4n) is 6.96. The Bertz CT molecular complexity index is 2300. The summed E-state index contributed by atoms with van der Waals surface area (Å²) < 4.78 is 2.35. The molecule has 46 heavy (non-hydrogen) atoms. The molecular weight excluding hydrogens is 560 g/mol. The van der Waals surface area contributed by atoms with Crippen LogP contribution in [0.1, 0.15) is 63.8 Å². The normalized spacial score (nSPS) is 13.0. The summed E-state index contributed by atoms with van der Waals surface area (Å²) in [6.07, 6.45) is 4.17. The van der Waals surface area contributed by atoms with Crippen LogP contribution < -0.4 is 0 Å². The summed E-state index contributed by atoms with van der Waals surface area (Å²) in [6, 6.07) is 31.1. The van der Waals surface area contributed by atoms with Gasteiger partial charge in [-0.05, 0) is 101 Å². The lowest BCUT2D eigenvalue weighted by molar-refractivity contribution is 0.590. The third-order valence-electron chi connectivity index (χ3n) is 9.78. The average molecular weight is 601 g/mol. The molecule has 8 rings (SSSR count). The van der Waals surface area contributed by atoms with Gasteiger partial charge in [0.25, 0.3) is 0 Å². The Labute approximate surface area is 271 Å². The summed E-state index contributed by atoms with van der Waals surface area (Å²) in [4.78, 5) is 14.2. The van der Waals surface area contributed by atoms with E-state index in [9.17, 15) is 0 Å². The molecular formula is C42H40N4. The number of H-pyrrole nitrogens is 1. The third-order valence-corrected chi connectivity index (χ3v) is 9.78. The highest BCUT2D eigenvalue weighted by Gasteiger charge is 2.26. The first-order chi connectivity index (χ1) is 22.0. The van der Waals surface area contributed by atoms with Crippen molar-refractivity contribution in [1.29, 1.82) is 0 Å². The van der Waals surface area contributed by atoms with Gasteiger partial charge < -0.3 is 9.55 Å². The van der Waals surface area contributed by atoms with Crippen LogP contribution in [0.3, 0.4) is 0 Å². The van der Waals surface area contributed by atoms with Crippen LogP contribution in [-0.2, 0) is 17.4 Å². The molecule has 1 N–H and O–H groups in total. The number of hydrogen-bond acceptors (Lipinski definition) is 2. The molecule has 0 atom stereocenters. The molecule has 0 fully saturated rings. The molecule has 4 aromatic heterocycles. The SMILES string of the molecule is Cc1c(-c2ccc3ccc4ccc(-c5cc(C(C)(C)C)cc6c5Cn5cccc5-6)nc4c3n2)cc(C(C)(C)C)cc1-c1ccc[nH]1. The van der Waals surface area contributed by atoms with Gasteiger partial charge in [0.2, 0.25) is 0 Å². The zero-order valence-electron chi connectivity index (χ0n) is 27.8. The number of pyridine rings is 2. The van der Waals surface area contributed by atoms with E-state index >= 15 is 0 Å². The van der Waals surface area contributed by atoms with Crippen molar-refractivity contribution in [3.8, 4) is 45.0 Å². The first kappa shape index (κ1) is 28.5. The fraction of sp³-hybridized carbons (Fsp3) is 0.238. The Morgan fingerprint density at radius 3 is 1.80 bits per heavy atom. The molecule has 4 heteroatoms. The molecule has 0 amide bonds. The third kappa shape index (κ3) is 4.58. The van der Waals surface area contributed by atoms with Gasteiger partial charge in [0.15, 0.2) is 0 Å². The lowest BCUT2D eigenvalue weighted by Gasteiger charge is -2.23. The Kier molecular flexibility index (Phi) is 6.21. The molecule has 1 aliphatic rings. The number of rotatable bonds is 3. The number of nitrogens with one attached hydrogen (secondary N) is 1. The van der Waals surface area contributed by atoms with Crippen LogP contribution in [0, 0.1) is 6.92 Å². The largest absolute Gasteiger partial charge is 0.361 e. The maximum atomic E-state index is 5.42. The van der Waals surface area contributed by atoms with Crippen molar-refractivity contribution in [3.63, 3.8) is 0 Å². The van der Waals surface area contributed by atoms with Crippen LogP contribution in [0.2, 0.25) is 0 Å². The predicted octanol–water partition coefficient (Wildman–Crippen LogP) is 10.8. The summed E-state index contributed by atoms with van der Waals surface area (Å²) in [6.45, 7) is 16.8. The smallest absolute Gasteiger partial charge is 0.0972 e. The maximum Gasteiger partial charge on any atom is 0.0972 e. The van der Waals surface area contributed by atoms with Gasteiger partial charge in [0, 0.05) is 63.4 Å². The van der Waals surface area contributed by atoms with E-state index in [0.29, 0.717) is 0 Å². The van der Waals surface area contributed by atoms with Crippen LogP contribution in [-0.4, -0.2) is 19.5 Å². The van der Waals surface area contributed by atoms with Crippen LogP contribution >= 0.6 is 0 Å². The van der Waals surface area contributed by atoms with E-state index < -0.39 is 0 Å². The van der Waals surface area contributed by atoms with Crippen molar-refractivity contribution < 1.29 is 0 Å². The van der Waals surface area contributed by atoms with Gasteiger partial charge in [-0.2, -0.15) is 0 Å². The molecule has 0 saturated heterocycles. The quantitative estimate of drug-likeness (QED) is 0.205. The van der Waals surface area contributed by atoms with E-state index in [1.165, 1.54) is 44.6 Å². The maximum absolute atomic E-state index is 5.42.